The van der Waals surface area contributed by atoms with E-state index in [1.807, 2.05) is 6.08 Å². The number of carbonyl (C=O) groups excluding carboxylic acids is 3. The van der Waals surface area contributed by atoms with Crippen LogP contribution in [0.2, 0.25) is 0 Å². The molecule has 0 aliphatic heterocycles. The van der Waals surface area contributed by atoms with Crippen molar-refractivity contribution >= 4 is 17.3 Å². The molecule has 0 amide bonds. The number of Topliss-reactive ketones (excluding diaryl/α,β-unsaturated/α-hetero) is 2. The number of allylic oxidation sites excluding steroid dienone is 1. The van der Waals surface area contributed by atoms with E-state index in [-0.39, 0.29) is 40.0 Å². The van der Waals surface area contributed by atoms with Gasteiger partial charge in [-0.3, -0.25) is 14.4 Å². The number of hydrogen-bond acceptors (Lipinski definition) is 4. The molecule has 4 nitrogen and oxygen atoms in total. The molecule has 0 bridgehead atoms. The lowest BCUT2D eigenvalue weighted by molar-refractivity contribution is -0.149. The molecule has 4 heteroatoms. The molecule has 25 heavy (non-hydrogen) atoms. The molecule has 4 aliphatic rings. The van der Waals surface area contributed by atoms with Crippen molar-refractivity contribution in [3.63, 3.8) is 0 Å². The Labute approximate surface area is 149 Å². The van der Waals surface area contributed by atoms with Crippen LogP contribution in [0, 0.1) is 34.5 Å². The van der Waals surface area contributed by atoms with Gasteiger partial charge in [-0.25, -0.2) is 0 Å². The number of hydrogen-bond donors (Lipinski definition) is 1. The Balaban J connectivity index is 1.71. The van der Waals surface area contributed by atoms with Crippen LogP contribution in [0.3, 0.4) is 0 Å². The molecule has 0 saturated heterocycles. The summed E-state index contributed by atoms with van der Waals surface area (Å²) in [5.41, 5.74) is 0.719. The Morgan fingerprint density at radius 2 is 1.96 bits per heavy atom. The van der Waals surface area contributed by atoms with Gasteiger partial charge in [-0.2, -0.15) is 0 Å². The van der Waals surface area contributed by atoms with E-state index < -0.39 is 6.61 Å². The van der Waals surface area contributed by atoms with Crippen molar-refractivity contribution in [2.24, 2.45) is 34.5 Å². The second-order valence-corrected chi connectivity index (χ2v) is 9.24. The molecule has 0 radical (unpaired) electrons. The zero-order valence-corrected chi connectivity index (χ0v) is 15.2. The van der Waals surface area contributed by atoms with E-state index in [0.717, 1.165) is 32.1 Å². The van der Waals surface area contributed by atoms with Crippen LogP contribution in [0.15, 0.2) is 11.6 Å². The summed E-state index contributed by atoms with van der Waals surface area (Å²) in [6.45, 7) is 3.88. The molecular weight excluding hydrogens is 316 g/mol. The number of aliphatic hydroxyl groups excluding tert-OH is 1. The summed E-state index contributed by atoms with van der Waals surface area (Å²) in [4.78, 5) is 37.4. The van der Waals surface area contributed by atoms with Crippen LogP contribution in [-0.4, -0.2) is 29.1 Å². The summed E-state index contributed by atoms with van der Waals surface area (Å²) in [5.74, 6) is 0.913. The van der Waals surface area contributed by atoms with Crippen molar-refractivity contribution in [3.05, 3.63) is 11.6 Å². The highest BCUT2D eigenvalue weighted by molar-refractivity contribution is 5.93. The third-order valence-corrected chi connectivity index (χ3v) is 8.19. The van der Waals surface area contributed by atoms with E-state index in [1.54, 1.807) is 0 Å². The fraction of sp³-hybridized carbons (Fsp3) is 0.762. The van der Waals surface area contributed by atoms with Crippen LogP contribution in [0.4, 0.5) is 0 Å². The second-order valence-electron chi connectivity index (χ2n) is 9.24. The molecule has 6 atom stereocenters. The minimum absolute atomic E-state index is 0.00153. The molecule has 0 aromatic heterocycles. The molecule has 0 aromatic rings. The third kappa shape index (κ3) is 2.26. The van der Waals surface area contributed by atoms with Gasteiger partial charge in [0.2, 0.25) is 0 Å². The van der Waals surface area contributed by atoms with Crippen molar-refractivity contribution in [2.45, 2.75) is 58.8 Å². The Morgan fingerprint density at radius 1 is 1.20 bits per heavy atom. The lowest BCUT2D eigenvalue weighted by atomic mass is 9.46. The van der Waals surface area contributed by atoms with E-state index in [4.69, 9.17) is 0 Å². The molecule has 0 heterocycles. The topological polar surface area (TPSA) is 71.4 Å². The number of ketones is 3. The van der Waals surface area contributed by atoms with Crippen molar-refractivity contribution in [3.8, 4) is 0 Å². The maximum absolute atomic E-state index is 13.3. The Hall–Kier alpha value is -1.29. The first-order chi connectivity index (χ1) is 11.8. The first kappa shape index (κ1) is 17.1. The van der Waals surface area contributed by atoms with Gasteiger partial charge in [0.05, 0.1) is 0 Å². The van der Waals surface area contributed by atoms with Crippen LogP contribution in [0.1, 0.15) is 58.8 Å². The van der Waals surface area contributed by atoms with Gasteiger partial charge in [-0.1, -0.05) is 19.4 Å². The van der Waals surface area contributed by atoms with Gasteiger partial charge in [-0.05, 0) is 60.8 Å². The monoisotopic (exact) mass is 344 g/mol. The predicted molar refractivity (Wildman–Crippen MR) is 92.7 cm³/mol. The normalized spacial score (nSPS) is 46.1. The molecule has 0 aromatic carbocycles. The Bertz CT molecular complexity index is 677. The van der Waals surface area contributed by atoms with E-state index in [2.05, 4.69) is 13.8 Å². The largest absolute Gasteiger partial charge is 0.389 e. The minimum Gasteiger partial charge on any atom is -0.389 e. The van der Waals surface area contributed by atoms with Crippen LogP contribution in [0.25, 0.3) is 0 Å². The van der Waals surface area contributed by atoms with Gasteiger partial charge in [0.1, 0.15) is 12.4 Å². The average Bonchev–Trinajstić information content (AvgIpc) is 2.91. The summed E-state index contributed by atoms with van der Waals surface area (Å²) in [7, 11) is 0. The van der Waals surface area contributed by atoms with Gasteiger partial charge < -0.3 is 5.11 Å². The van der Waals surface area contributed by atoms with Crippen LogP contribution >= 0.6 is 0 Å². The zero-order chi connectivity index (χ0) is 18.0. The summed E-state index contributed by atoms with van der Waals surface area (Å²) >= 11 is 0. The smallest absolute Gasteiger partial charge is 0.161 e. The molecule has 3 saturated carbocycles. The molecule has 136 valence electrons. The van der Waals surface area contributed by atoms with Gasteiger partial charge in [-0.15, -0.1) is 0 Å². The van der Waals surface area contributed by atoms with Gasteiger partial charge in [0.25, 0.3) is 0 Å². The first-order valence-corrected chi connectivity index (χ1v) is 9.71. The summed E-state index contributed by atoms with van der Waals surface area (Å²) in [5, 5.41) is 9.34. The molecule has 0 spiro atoms. The summed E-state index contributed by atoms with van der Waals surface area (Å²) in [6.07, 6.45) is 7.23. The molecule has 4 rings (SSSR count). The third-order valence-electron chi connectivity index (χ3n) is 8.19. The number of aliphatic hydroxyl groups is 1. The Morgan fingerprint density at radius 3 is 2.68 bits per heavy atom. The fourth-order valence-corrected chi connectivity index (χ4v) is 7.02. The van der Waals surface area contributed by atoms with Crippen LogP contribution in [0.5, 0.6) is 0 Å². The van der Waals surface area contributed by atoms with Crippen LogP contribution < -0.4 is 0 Å². The van der Waals surface area contributed by atoms with E-state index in [9.17, 15) is 19.5 Å². The average molecular weight is 344 g/mol. The van der Waals surface area contributed by atoms with Crippen molar-refractivity contribution in [2.75, 3.05) is 6.61 Å². The van der Waals surface area contributed by atoms with Gasteiger partial charge >= 0.3 is 0 Å². The van der Waals surface area contributed by atoms with Crippen molar-refractivity contribution in [1.82, 2.24) is 0 Å². The number of rotatable bonds is 2. The standard InChI is InChI=1S/C21H28O4/c1-20-8-7-13(23)9-12(20)3-4-14-15-5-6-16(18(25)11-22)21(15,2)10-17(24)19(14)20/h9,14-16,19,22H,3-8,10-11H2,1-2H3/t14-,15-,16?,19+,20-,21-/m0/s1. The van der Waals surface area contributed by atoms with Gasteiger partial charge in [0.15, 0.2) is 11.6 Å². The summed E-state index contributed by atoms with van der Waals surface area (Å²) < 4.78 is 0. The zero-order valence-electron chi connectivity index (χ0n) is 15.2. The lowest BCUT2D eigenvalue weighted by Crippen LogP contribution is -2.55. The minimum atomic E-state index is -0.415. The molecule has 1 N–H and O–H groups in total. The van der Waals surface area contributed by atoms with E-state index >= 15 is 0 Å². The molecular formula is C21H28O4. The second kappa shape index (κ2) is 5.60. The van der Waals surface area contributed by atoms with E-state index in [1.165, 1.54) is 5.57 Å². The Kier molecular flexibility index (Phi) is 3.84. The fourth-order valence-electron chi connectivity index (χ4n) is 7.02. The molecule has 1 unspecified atom stereocenters. The van der Waals surface area contributed by atoms with Crippen molar-refractivity contribution in [1.29, 1.82) is 0 Å². The quantitative estimate of drug-likeness (QED) is 0.836. The SMILES string of the molecule is C[C@]12CCC(=O)C=C1CC[C@@H]1[C@@H]2C(=O)C[C@]2(C)C(C(=O)CO)CC[C@@H]12. The maximum Gasteiger partial charge on any atom is 0.161 e. The predicted octanol–water partition coefficient (Wildman–Crippen LogP) is 2.87. The molecule has 3 fully saturated rings. The summed E-state index contributed by atoms with van der Waals surface area (Å²) in [6, 6.07) is 0. The molecule has 4 aliphatic carbocycles. The number of fused-ring (bicyclic) bond motifs is 5. The highest BCUT2D eigenvalue weighted by atomic mass is 16.3. The maximum atomic E-state index is 13.3. The highest BCUT2D eigenvalue weighted by Crippen LogP contribution is 2.65. The number of carbonyl (C=O) groups is 3. The van der Waals surface area contributed by atoms with Crippen molar-refractivity contribution < 1.29 is 19.5 Å². The van der Waals surface area contributed by atoms with Crippen LogP contribution in [-0.2, 0) is 14.4 Å². The first-order valence-electron chi connectivity index (χ1n) is 9.71. The van der Waals surface area contributed by atoms with E-state index in [0.29, 0.717) is 24.7 Å². The lowest BCUT2D eigenvalue weighted by Gasteiger charge is -2.56. The highest BCUT2D eigenvalue weighted by Gasteiger charge is 2.62. The van der Waals surface area contributed by atoms with Gasteiger partial charge in [0, 0.05) is 24.7 Å².